The topological polar surface area (TPSA) is 128 Å². The van der Waals surface area contributed by atoms with E-state index < -0.39 is 16.0 Å². The summed E-state index contributed by atoms with van der Waals surface area (Å²) in [6.45, 7) is 2.55. The number of fused-ring (bicyclic) bond motifs is 1. The zero-order chi connectivity index (χ0) is 26.7. The maximum atomic E-state index is 13.1. The summed E-state index contributed by atoms with van der Waals surface area (Å²) in [5.74, 6) is -1.44. The Labute approximate surface area is 215 Å². The van der Waals surface area contributed by atoms with Gasteiger partial charge in [0.1, 0.15) is 0 Å². The number of aryl methyl sites for hydroxylation is 1. The first-order chi connectivity index (χ1) is 17.6. The molecule has 9 nitrogen and oxygen atoms in total. The fraction of sp³-hybridized carbons (Fsp3) is 0.185. The number of nitrogens with one attached hydrogen (secondary N) is 3. The average Bonchev–Trinajstić information content (AvgIpc) is 3.16. The van der Waals surface area contributed by atoms with Gasteiger partial charge in [0, 0.05) is 24.3 Å². The molecule has 3 aromatic carbocycles. The highest BCUT2D eigenvalue weighted by atomic mass is 32.2. The lowest BCUT2D eigenvalue weighted by Gasteiger charge is -2.16. The van der Waals surface area contributed by atoms with Gasteiger partial charge in [-0.2, -0.15) is 0 Å². The lowest BCUT2D eigenvalue weighted by molar-refractivity contribution is -0.110. The fourth-order valence-corrected chi connectivity index (χ4v) is 5.06. The second-order valence-electron chi connectivity index (χ2n) is 8.94. The highest BCUT2D eigenvalue weighted by Crippen LogP contribution is 2.39. The average molecular weight is 521 g/mol. The molecular weight excluding hydrogens is 492 g/mol. The molecule has 1 heterocycles. The Morgan fingerprint density at radius 3 is 2.32 bits per heavy atom. The van der Waals surface area contributed by atoms with Crippen molar-refractivity contribution in [1.82, 2.24) is 9.62 Å². The largest absolute Gasteiger partial charge is 0.478 e. The minimum absolute atomic E-state index is 0.116. The molecule has 1 amide bonds. The van der Waals surface area contributed by atoms with Gasteiger partial charge in [0.05, 0.1) is 27.4 Å². The molecule has 1 aliphatic rings. The summed E-state index contributed by atoms with van der Waals surface area (Å²) in [5, 5.41) is 15.5. The Morgan fingerprint density at radius 2 is 1.70 bits per heavy atom. The van der Waals surface area contributed by atoms with Gasteiger partial charge in [-0.25, -0.2) is 17.9 Å². The van der Waals surface area contributed by atoms with Crippen molar-refractivity contribution in [3.63, 3.8) is 0 Å². The zero-order valence-corrected chi connectivity index (χ0v) is 21.5. The summed E-state index contributed by atoms with van der Waals surface area (Å²) in [7, 11) is 0.0660. The quantitative estimate of drug-likeness (QED) is 0.318. The van der Waals surface area contributed by atoms with Gasteiger partial charge in [-0.05, 0) is 68.5 Å². The van der Waals surface area contributed by atoms with Gasteiger partial charge in [-0.15, -0.1) is 0 Å². The highest BCUT2D eigenvalue weighted by molar-refractivity contribution is 7.89. The van der Waals surface area contributed by atoms with Crippen LogP contribution in [0.4, 0.5) is 11.4 Å². The number of amides is 1. The molecule has 3 aromatic rings. The molecule has 0 atom stereocenters. The summed E-state index contributed by atoms with van der Waals surface area (Å²) < 4.78 is 27.8. The second kappa shape index (κ2) is 10.6. The number of hydrogen-bond acceptors (Lipinski definition) is 6. The third-order valence-electron chi connectivity index (χ3n) is 5.94. The summed E-state index contributed by atoms with van der Waals surface area (Å²) >= 11 is 0. The number of carboxylic acid groups (broad SMARTS) is 1. The van der Waals surface area contributed by atoms with Crippen molar-refractivity contribution < 1.29 is 23.1 Å². The van der Waals surface area contributed by atoms with Crippen LogP contribution in [-0.2, 0) is 14.8 Å². The summed E-state index contributed by atoms with van der Waals surface area (Å²) in [4.78, 5) is 26.7. The maximum Gasteiger partial charge on any atom is 0.336 e. The number of hydrogen-bond donors (Lipinski definition) is 4. The van der Waals surface area contributed by atoms with Crippen molar-refractivity contribution in [3.8, 4) is 0 Å². The molecule has 192 valence electrons. The van der Waals surface area contributed by atoms with Gasteiger partial charge in [-0.1, -0.05) is 30.3 Å². The van der Waals surface area contributed by atoms with Crippen molar-refractivity contribution in [2.75, 3.05) is 37.8 Å². The first-order valence-electron chi connectivity index (χ1n) is 11.6. The number of rotatable bonds is 9. The first kappa shape index (κ1) is 26.1. The van der Waals surface area contributed by atoms with Gasteiger partial charge in [-0.3, -0.25) is 4.79 Å². The lowest BCUT2D eigenvalue weighted by atomic mass is 9.96. The highest BCUT2D eigenvalue weighted by Gasteiger charge is 2.30. The van der Waals surface area contributed by atoms with E-state index in [2.05, 4.69) is 15.4 Å². The van der Waals surface area contributed by atoms with Gasteiger partial charge in [0.2, 0.25) is 10.0 Å². The SMILES string of the molecule is Cc1cc2c(cc1C(=O)O)NC(=O)C2=C(Nc1ccc(S(=O)(=O)NCCN(C)C)cc1)c1ccccc1. The van der Waals surface area contributed by atoms with Crippen LogP contribution < -0.4 is 15.4 Å². The van der Waals surface area contributed by atoms with Crippen molar-refractivity contribution >= 4 is 44.5 Å². The Kier molecular flexibility index (Phi) is 7.44. The Hall–Kier alpha value is -3.99. The van der Waals surface area contributed by atoms with E-state index in [1.54, 1.807) is 25.1 Å². The fourth-order valence-electron chi connectivity index (χ4n) is 4.04. The Morgan fingerprint density at radius 1 is 1.03 bits per heavy atom. The number of nitrogens with zero attached hydrogens (tertiary/aromatic N) is 1. The van der Waals surface area contributed by atoms with Crippen LogP contribution in [0.1, 0.15) is 27.0 Å². The number of carbonyl (C=O) groups is 2. The number of benzene rings is 3. The van der Waals surface area contributed by atoms with Crippen LogP contribution >= 0.6 is 0 Å². The monoisotopic (exact) mass is 520 g/mol. The number of carboxylic acids is 1. The molecule has 0 aromatic heterocycles. The van der Waals surface area contributed by atoms with E-state index in [0.717, 1.165) is 5.56 Å². The minimum Gasteiger partial charge on any atom is -0.478 e. The normalized spacial score (nSPS) is 14.3. The van der Waals surface area contributed by atoms with Crippen molar-refractivity contribution in [3.05, 3.63) is 89.0 Å². The molecule has 4 N–H and O–H groups in total. The summed E-state index contributed by atoms with van der Waals surface area (Å²) in [6, 6.07) is 18.7. The number of likely N-dealkylation sites (N-methyl/N-ethyl adjacent to an activating group) is 1. The predicted octanol–water partition coefficient (Wildman–Crippen LogP) is 3.47. The molecular formula is C27H28N4O5S. The van der Waals surface area contributed by atoms with E-state index >= 15 is 0 Å². The van der Waals surface area contributed by atoms with Gasteiger partial charge in [0.25, 0.3) is 5.91 Å². The van der Waals surface area contributed by atoms with E-state index in [-0.39, 0.29) is 22.9 Å². The lowest BCUT2D eigenvalue weighted by Crippen LogP contribution is -2.31. The van der Waals surface area contributed by atoms with E-state index in [9.17, 15) is 23.1 Å². The number of carbonyl (C=O) groups excluding carboxylic acids is 1. The van der Waals surface area contributed by atoms with E-state index in [1.165, 1.54) is 18.2 Å². The molecule has 0 radical (unpaired) electrons. The molecule has 0 unspecified atom stereocenters. The maximum absolute atomic E-state index is 13.1. The smallest absolute Gasteiger partial charge is 0.336 e. The van der Waals surface area contributed by atoms with Crippen LogP contribution in [-0.4, -0.2) is 57.5 Å². The molecule has 10 heteroatoms. The summed E-state index contributed by atoms with van der Waals surface area (Å²) in [5.41, 5.74) is 3.85. The van der Waals surface area contributed by atoms with Crippen LogP contribution in [0, 0.1) is 6.92 Å². The molecule has 0 aliphatic carbocycles. The van der Waals surface area contributed by atoms with Gasteiger partial charge >= 0.3 is 5.97 Å². The van der Waals surface area contributed by atoms with E-state index in [4.69, 9.17) is 0 Å². The van der Waals surface area contributed by atoms with Crippen LogP contribution in [0.3, 0.4) is 0 Å². The minimum atomic E-state index is -3.66. The molecule has 0 bridgehead atoms. The molecule has 37 heavy (non-hydrogen) atoms. The van der Waals surface area contributed by atoms with Crippen molar-refractivity contribution in [2.24, 2.45) is 0 Å². The molecule has 1 aliphatic heterocycles. The Balaban J connectivity index is 1.72. The van der Waals surface area contributed by atoms with Gasteiger partial charge in [0.15, 0.2) is 0 Å². The van der Waals surface area contributed by atoms with E-state index in [1.807, 2.05) is 49.3 Å². The molecule has 0 spiro atoms. The standard InChI is InChI=1S/C27H28N4O5S/c1-17-15-22-23(16-21(17)27(33)34)30-26(32)24(22)25(18-7-5-4-6-8-18)29-19-9-11-20(12-10-19)37(35,36)28-13-14-31(2)3/h4-12,15-16,28-29H,13-14H2,1-3H3,(H,30,32)(H,33,34). The third-order valence-corrected chi connectivity index (χ3v) is 7.41. The first-order valence-corrected chi connectivity index (χ1v) is 13.1. The Bertz CT molecular complexity index is 1480. The van der Waals surface area contributed by atoms with Crippen LogP contribution in [0.15, 0.2) is 71.6 Å². The van der Waals surface area contributed by atoms with Crippen LogP contribution in [0.2, 0.25) is 0 Å². The predicted molar refractivity (Wildman–Crippen MR) is 144 cm³/mol. The van der Waals surface area contributed by atoms with Gasteiger partial charge < -0.3 is 20.6 Å². The number of anilines is 2. The molecule has 0 saturated carbocycles. The van der Waals surface area contributed by atoms with Crippen LogP contribution in [0.5, 0.6) is 0 Å². The molecule has 0 saturated heterocycles. The summed E-state index contributed by atoms with van der Waals surface area (Å²) in [6.07, 6.45) is 0. The van der Waals surface area contributed by atoms with Crippen LogP contribution in [0.25, 0.3) is 11.3 Å². The number of aromatic carboxylic acids is 1. The second-order valence-corrected chi connectivity index (χ2v) is 10.7. The zero-order valence-electron chi connectivity index (χ0n) is 20.7. The van der Waals surface area contributed by atoms with Crippen molar-refractivity contribution in [2.45, 2.75) is 11.8 Å². The molecule has 0 fully saturated rings. The molecule has 4 rings (SSSR count). The van der Waals surface area contributed by atoms with Crippen molar-refractivity contribution in [1.29, 1.82) is 0 Å². The number of sulfonamides is 1. The third kappa shape index (κ3) is 5.72. The van der Waals surface area contributed by atoms with E-state index in [0.29, 0.717) is 40.3 Å².